The molecule has 0 bridgehead atoms. The molecule has 0 aliphatic heterocycles. The van der Waals surface area contributed by atoms with Gasteiger partial charge in [-0.25, -0.2) is 8.78 Å². The maximum absolute atomic E-state index is 13.4. The highest BCUT2D eigenvalue weighted by Crippen LogP contribution is 2.31. The van der Waals surface area contributed by atoms with E-state index in [1.165, 1.54) is 6.07 Å². The molecule has 1 aliphatic rings. The lowest BCUT2D eigenvalue weighted by Crippen LogP contribution is -2.33. The van der Waals surface area contributed by atoms with E-state index in [-0.39, 0.29) is 24.8 Å². The van der Waals surface area contributed by atoms with Gasteiger partial charge in [-0.3, -0.25) is 9.59 Å². The molecule has 7 heteroatoms. The molecule has 0 saturated carbocycles. The molecule has 2 N–H and O–H groups in total. The number of nitrogens with one attached hydrogen (secondary N) is 2. The van der Waals surface area contributed by atoms with Crippen LogP contribution in [0.1, 0.15) is 23.2 Å². The number of H-pyrrole nitrogens is 1. The Labute approximate surface area is 113 Å². The van der Waals surface area contributed by atoms with Crippen LogP contribution < -0.4 is 10.9 Å². The van der Waals surface area contributed by atoms with Crippen LogP contribution in [0.25, 0.3) is 0 Å². The fraction of sp³-hybridized carbons (Fsp3) is 0.462. The Balaban J connectivity index is 2.30. The second-order valence-corrected chi connectivity index (χ2v) is 4.83. The molecule has 0 saturated heterocycles. The normalized spacial score (nSPS) is 17.6. The number of nitrogens with zero attached hydrogens (tertiary/aromatic N) is 1. The van der Waals surface area contributed by atoms with E-state index in [9.17, 15) is 18.4 Å². The Morgan fingerprint density at radius 1 is 1.60 bits per heavy atom. The topological polar surface area (TPSA) is 85.8 Å². The van der Waals surface area contributed by atoms with Gasteiger partial charge in [0.1, 0.15) is 6.04 Å². The van der Waals surface area contributed by atoms with Crippen LogP contribution in [0.5, 0.6) is 0 Å². The number of hydrogen-bond acceptors (Lipinski definition) is 3. The fourth-order valence-electron chi connectivity index (χ4n) is 2.31. The van der Waals surface area contributed by atoms with Gasteiger partial charge in [0.05, 0.1) is 6.07 Å². The number of rotatable bonds is 4. The molecule has 106 valence electrons. The summed E-state index contributed by atoms with van der Waals surface area (Å²) in [6.45, 7) is 0. The van der Waals surface area contributed by atoms with Gasteiger partial charge in [0, 0.05) is 30.5 Å². The lowest BCUT2D eigenvalue weighted by molar-refractivity contribution is -0.109. The largest absolute Gasteiger partial charge is 0.343 e. The highest BCUT2D eigenvalue weighted by Gasteiger charge is 2.34. The maximum atomic E-state index is 13.4. The summed E-state index contributed by atoms with van der Waals surface area (Å²) in [6, 6.07) is 2.40. The number of halogens is 2. The highest BCUT2D eigenvalue weighted by molar-refractivity contribution is 5.48. The Bertz CT molecular complexity index is 619. The molecular formula is C13H13F2N3O2. The van der Waals surface area contributed by atoms with Gasteiger partial charge in [-0.2, -0.15) is 5.26 Å². The number of hydrogen-bond donors (Lipinski definition) is 2. The summed E-state index contributed by atoms with van der Waals surface area (Å²) < 4.78 is 26.7. The SMILES string of the molecule is N#CC(Cc1cc2c([nH]c1=O)CCC(F)(F)C2)NC=O. The smallest absolute Gasteiger partial charge is 0.252 e. The molecule has 1 heterocycles. The number of carbonyl (C=O) groups is 1. The molecule has 20 heavy (non-hydrogen) atoms. The fourth-order valence-corrected chi connectivity index (χ4v) is 2.31. The number of nitriles is 1. The molecule has 2 rings (SSSR count). The van der Waals surface area contributed by atoms with Crippen molar-refractivity contribution in [2.45, 2.75) is 37.6 Å². The summed E-state index contributed by atoms with van der Waals surface area (Å²) in [4.78, 5) is 24.8. The van der Waals surface area contributed by atoms with Crippen LogP contribution in [0.4, 0.5) is 8.78 Å². The van der Waals surface area contributed by atoms with Crippen LogP contribution in [0.3, 0.4) is 0 Å². The first-order valence-electron chi connectivity index (χ1n) is 6.16. The third-order valence-electron chi connectivity index (χ3n) is 3.33. The molecule has 0 fully saturated rings. The maximum Gasteiger partial charge on any atom is 0.252 e. The predicted octanol–water partition coefficient (Wildman–Crippen LogP) is 0.680. The Morgan fingerprint density at radius 3 is 3.00 bits per heavy atom. The Kier molecular flexibility index (Phi) is 3.84. The van der Waals surface area contributed by atoms with Crippen LogP contribution in [0.2, 0.25) is 0 Å². The quantitative estimate of drug-likeness (QED) is 0.796. The number of aromatic amines is 1. The Hall–Kier alpha value is -2.23. The average molecular weight is 281 g/mol. The minimum atomic E-state index is -2.77. The third kappa shape index (κ3) is 3.02. The highest BCUT2D eigenvalue weighted by atomic mass is 19.3. The molecule has 0 aromatic carbocycles. The van der Waals surface area contributed by atoms with E-state index in [0.717, 1.165) is 0 Å². The van der Waals surface area contributed by atoms with Crippen molar-refractivity contribution in [2.24, 2.45) is 0 Å². The summed E-state index contributed by atoms with van der Waals surface area (Å²) in [6.07, 6.45) is -0.197. The molecular weight excluding hydrogens is 268 g/mol. The second kappa shape index (κ2) is 5.41. The summed E-state index contributed by atoms with van der Waals surface area (Å²) >= 11 is 0. The first-order chi connectivity index (χ1) is 9.45. The minimum absolute atomic E-state index is 0.0105. The molecule has 0 spiro atoms. The standard InChI is InChI=1S/C13H13F2N3O2/c14-13(15)2-1-11-9(5-13)3-8(12(20)18-11)4-10(6-16)17-7-19/h3,7,10H,1-2,4-5H2,(H,17,19)(H,18,20). The monoisotopic (exact) mass is 281 g/mol. The summed E-state index contributed by atoms with van der Waals surface area (Å²) in [5.41, 5.74) is 0.754. The lowest BCUT2D eigenvalue weighted by Gasteiger charge is -2.24. The zero-order chi connectivity index (χ0) is 14.8. The van der Waals surface area contributed by atoms with E-state index in [1.54, 1.807) is 0 Å². The predicted molar refractivity (Wildman–Crippen MR) is 66.3 cm³/mol. The summed E-state index contributed by atoms with van der Waals surface area (Å²) in [5.74, 6) is -2.77. The lowest BCUT2D eigenvalue weighted by atomic mass is 9.91. The van der Waals surface area contributed by atoms with Gasteiger partial charge in [0.25, 0.3) is 11.5 Å². The van der Waals surface area contributed by atoms with Gasteiger partial charge in [-0.1, -0.05) is 0 Å². The van der Waals surface area contributed by atoms with Crippen LogP contribution >= 0.6 is 0 Å². The van der Waals surface area contributed by atoms with Crippen LogP contribution in [-0.4, -0.2) is 23.4 Å². The number of aryl methyl sites for hydroxylation is 1. The first-order valence-corrected chi connectivity index (χ1v) is 6.16. The van der Waals surface area contributed by atoms with Crippen molar-refractivity contribution in [1.82, 2.24) is 10.3 Å². The minimum Gasteiger partial charge on any atom is -0.343 e. The van der Waals surface area contributed by atoms with Crippen LogP contribution in [0, 0.1) is 11.3 Å². The third-order valence-corrected chi connectivity index (χ3v) is 3.33. The molecule has 1 unspecified atom stereocenters. The Morgan fingerprint density at radius 2 is 2.35 bits per heavy atom. The number of fused-ring (bicyclic) bond motifs is 1. The van der Waals surface area contributed by atoms with E-state index in [1.807, 2.05) is 6.07 Å². The number of amides is 1. The van der Waals surface area contributed by atoms with Crippen molar-refractivity contribution < 1.29 is 13.6 Å². The van der Waals surface area contributed by atoms with E-state index >= 15 is 0 Å². The number of alkyl halides is 2. The van der Waals surface area contributed by atoms with Gasteiger partial charge in [-0.15, -0.1) is 0 Å². The van der Waals surface area contributed by atoms with E-state index < -0.39 is 23.9 Å². The molecule has 1 aliphatic carbocycles. The van der Waals surface area contributed by atoms with Gasteiger partial charge < -0.3 is 10.3 Å². The second-order valence-electron chi connectivity index (χ2n) is 4.83. The molecule has 1 aromatic rings. The molecule has 1 aromatic heterocycles. The molecule has 1 atom stereocenters. The summed E-state index contributed by atoms with van der Waals surface area (Å²) in [5, 5.41) is 11.1. The van der Waals surface area contributed by atoms with Crippen molar-refractivity contribution in [2.75, 3.05) is 0 Å². The van der Waals surface area contributed by atoms with E-state index in [2.05, 4.69) is 10.3 Å². The van der Waals surface area contributed by atoms with Crippen molar-refractivity contribution in [3.8, 4) is 6.07 Å². The van der Waals surface area contributed by atoms with Crippen LogP contribution in [0.15, 0.2) is 10.9 Å². The van der Waals surface area contributed by atoms with Crippen LogP contribution in [-0.2, 0) is 24.1 Å². The van der Waals surface area contributed by atoms with E-state index in [0.29, 0.717) is 17.7 Å². The zero-order valence-electron chi connectivity index (χ0n) is 10.6. The van der Waals surface area contributed by atoms with Gasteiger partial charge in [0.15, 0.2) is 0 Å². The number of pyridine rings is 1. The number of carbonyl (C=O) groups excluding carboxylic acids is 1. The zero-order valence-corrected chi connectivity index (χ0v) is 10.6. The average Bonchev–Trinajstić information content (AvgIpc) is 2.39. The number of aromatic nitrogens is 1. The van der Waals surface area contributed by atoms with Crippen molar-refractivity contribution in [3.05, 3.63) is 33.2 Å². The van der Waals surface area contributed by atoms with Crippen molar-refractivity contribution in [1.29, 1.82) is 5.26 Å². The summed E-state index contributed by atoms with van der Waals surface area (Å²) in [7, 11) is 0. The van der Waals surface area contributed by atoms with Gasteiger partial charge >= 0.3 is 0 Å². The van der Waals surface area contributed by atoms with Crippen molar-refractivity contribution >= 4 is 6.41 Å². The first kappa shape index (κ1) is 14.2. The van der Waals surface area contributed by atoms with Crippen molar-refractivity contribution in [3.63, 3.8) is 0 Å². The van der Waals surface area contributed by atoms with E-state index in [4.69, 9.17) is 5.26 Å². The molecule has 1 amide bonds. The van der Waals surface area contributed by atoms with Gasteiger partial charge in [-0.05, 0) is 18.1 Å². The molecule has 5 nitrogen and oxygen atoms in total. The molecule has 0 radical (unpaired) electrons. The van der Waals surface area contributed by atoms with Gasteiger partial charge in [0.2, 0.25) is 6.41 Å².